The molecule has 1 atom stereocenters. The van der Waals surface area contributed by atoms with Crippen molar-refractivity contribution in [3.63, 3.8) is 0 Å². The molecular formula is C17H17ClN2O3. The van der Waals surface area contributed by atoms with E-state index in [0.717, 1.165) is 5.56 Å². The van der Waals surface area contributed by atoms with Crippen LogP contribution in [0.3, 0.4) is 0 Å². The molecule has 2 aromatic rings. The third-order valence-corrected chi connectivity index (χ3v) is 3.43. The van der Waals surface area contributed by atoms with Crippen molar-refractivity contribution in [2.75, 3.05) is 12.4 Å². The lowest BCUT2D eigenvalue weighted by Gasteiger charge is -2.17. The smallest absolute Gasteiger partial charge is 0.328 e. The number of carbonyl (C=O) groups excluding carboxylic acids is 2. The SMILES string of the molecule is COC(=O)[C@H](Cc1ccccc1)NC(=O)Nc1ccc(Cl)cc1. The number of halogens is 1. The number of benzene rings is 2. The highest BCUT2D eigenvalue weighted by Crippen LogP contribution is 2.13. The maximum atomic E-state index is 12.1. The highest BCUT2D eigenvalue weighted by molar-refractivity contribution is 6.30. The van der Waals surface area contributed by atoms with E-state index in [0.29, 0.717) is 17.1 Å². The zero-order valence-corrected chi connectivity index (χ0v) is 13.3. The average molecular weight is 333 g/mol. The fraction of sp³-hybridized carbons (Fsp3) is 0.176. The normalized spacial score (nSPS) is 11.4. The van der Waals surface area contributed by atoms with Gasteiger partial charge in [-0.3, -0.25) is 0 Å². The number of ether oxygens (including phenoxy) is 1. The van der Waals surface area contributed by atoms with Gasteiger partial charge in [-0.25, -0.2) is 9.59 Å². The summed E-state index contributed by atoms with van der Waals surface area (Å²) in [6.45, 7) is 0. The highest BCUT2D eigenvalue weighted by atomic mass is 35.5. The Morgan fingerprint density at radius 1 is 1.09 bits per heavy atom. The highest BCUT2D eigenvalue weighted by Gasteiger charge is 2.21. The number of nitrogens with one attached hydrogen (secondary N) is 2. The maximum absolute atomic E-state index is 12.1. The van der Waals surface area contributed by atoms with E-state index in [1.165, 1.54) is 7.11 Å². The fourth-order valence-electron chi connectivity index (χ4n) is 2.04. The van der Waals surface area contributed by atoms with Crippen LogP contribution in [-0.2, 0) is 16.0 Å². The van der Waals surface area contributed by atoms with Crippen LogP contribution >= 0.6 is 11.6 Å². The van der Waals surface area contributed by atoms with Crippen molar-refractivity contribution in [2.45, 2.75) is 12.5 Å². The summed E-state index contributed by atoms with van der Waals surface area (Å²) in [7, 11) is 1.29. The molecule has 0 aromatic heterocycles. The summed E-state index contributed by atoms with van der Waals surface area (Å²) >= 11 is 5.79. The topological polar surface area (TPSA) is 67.4 Å². The Kier molecular flexibility index (Phi) is 6.00. The third kappa shape index (κ3) is 5.30. The molecule has 0 unspecified atom stereocenters. The minimum Gasteiger partial charge on any atom is -0.467 e. The van der Waals surface area contributed by atoms with Crippen molar-refractivity contribution in [1.82, 2.24) is 5.32 Å². The number of carbonyl (C=O) groups is 2. The van der Waals surface area contributed by atoms with Gasteiger partial charge >= 0.3 is 12.0 Å². The quantitative estimate of drug-likeness (QED) is 0.826. The standard InChI is InChI=1S/C17H17ClN2O3/c1-23-16(21)15(11-12-5-3-2-4-6-12)20-17(22)19-14-9-7-13(18)8-10-14/h2-10,15H,11H2,1H3,(H2,19,20,22)/t15-/m0/s1. The molecule has 0 saturated carbocycles. The second-order valence-corrected chi connectivity index (χ2v) is 5.31. The number of urea groups is 1. The molecule has 2 rings (SSSR count). The van der Waals surface area contributed by atoms with Gasteiger partial charge in [0.2, 0.25) is 0 Å². The molecule has 0 spiro atoms. The molecule has 23 heavy (non-hydrogen) atoms. The summed E-state index contributed by atoms with van der Waals surface area (Å²) in [6, 6.07) is 14.8. The van der Waals surface area contributed by atoms with Crippen LogP contribution in [-0.4, -0.2) is 25.2 Å². The van der Waals surface area contributed by atoms with Crippen molar-refractivity contribution in [2.24, 2.45) is 0 Å². The zero-order valence-electron chi connectivity index (χ0n) is 12.6. The van der Waals surface area contributed by atoms with E-state index in [1.807, 2.05) is 30.3 Å². The van der Waals surface area contributed by atoms with Gasteiger partial charge in [-0.2, -0.15) is 0 Å². The first kappa shape index (κ1) is 16.8. The van der Waals surface area contributed by atoms with E-state index < -0.39 is 18.0 Å². The van der Waals surface area contributed by atoms with Crippen molar-refractivity contribution in [1.29, 1.82) is 0 Å². The lowest BCUT2D eigenvalue weighted by atomic mass is 10.1. The van der Waals surface area contributed by atoms with Crippen LogP contribution in [0.15, 0.2) is 54.6 Å². The lowest BCUT2D eigenvalue weighted by molar-refractivity contribution is -0.142. The molecule has 0 heterocycles. The maximum Gasteiger partial charge on any atom is 0.328 e. The minimum absolute atomic E-state index is 0.349. The molecule has 2 N–H and O–H groups in total. The molecule has 0 radical (unpaired) electrons. The fourth-order valence-corrected chi connectivity index (χ4v) is 2.17. The van der Waals surface area contributed by atoms with E-state index in [-0.39, 0.29) is 0 Å². The molecule has 0 aliphatic rings. The summed E-state index contributed by atoms with van der Waals surface area (Å²) in [5, 5.41) is 5.85. The molecule has 6 heteroatoms. The van der Waals surface area contributed by atoms with Crippen molar-refractivity contribution in [3.05, 3.63) is 65.2 Å². The van der Waals surface area contributed by atoms with Crippen LogP contribution in [0.5, 0.6) is 0 Å². The Morgan fingerprint density at radius 3 is 2.35 bits per heavy atom. The van der Waals surface area contributed by atoms with Crippen LogP contribution in [0.1, 0.15) is 5.56 Å². The van der Waals surface area contributed by atoms with E-state index in [1.54, 1.807) is 24.3 Å². The minimum atomic E-state index is -0.769. The predicted octanol–water partition coefficient (Wildman–Crippen LogP) is 3.25. The second kappa shape index (κ2) is 8.19. The molecule has 0 bridgehead atoms. The Morgan fingerprint density at radius 2 is 1.74 bits per heavy atom. The first-order chi connectivity index (χ1) is 11.1. The zero-order chi connectivity index (χ0) is 16.7. The molecule has 0 aliphatic carbocycles. The third-order valence-electron chi connectivity index (χ3n) is 3.18. The molecule has 2 aromatic carbocycles. The predicted molar refractivity (Wildman–Crippen MR) is 89.6 cm³/mol. The summed E-state index contributed by atoms with van der Waals surface area (Å²) in [6.07, 6.45) is 0.349. The van der Waals surface area contributed by atoms with Crippen molar-refractivity contribution >= 4 is 29.3 Å². The van der Waals surface area contributed by atoms with Crippen LogP contribution in [0, 0.1) is 0 Å². The van der Waals surface area contributed by atoms with Crippen molar-refractivity contribution in [3.8, 4) is 0 Å². The van der Waals surface area contributed by atoms with E-state index >= 15 is 0 Å². The van der Waals surface area contributed by atoms with Gasteiger partial charge in [0.15, 0.2) is 0 Å². The summed E-state index contributed by atoms with van der Waals surface area (Å²) in [4.78, 5) is 23.9. The largest absolute Gasteiger partial charge is 0.467 e. The Labute approximate surface area is 139 Å². The van der Waals surface area contributed by atoms with E-state index in [9.17, 15) is 9.59 Å². The first-order valence-electron chi connectivity index (χ1n) is 7.03. The molecule has 0 saturated heterocycles. The first-order valence-corrected chi connectivity index (χ1v) is 7.41. The number of hydrogen-bond donors (Lipinski definition) is 2. The van der Waals surface area contributed by atoms with Crippen LogP contribution in [0.4, 0.5) is 10.5 Å². The molecule has 2 amide bonds. The van der Waals surface area contributed by atoms with Gasteiger partial charge in [0.1, 0.15) is 6.04 Å². The lowest BCUT2D eigenvalue weighted by Crippen LogP contribution is -2.45. The van der Waals surface area contributed by atoms with Gasteiger partial charge in [-0.1, -0.05) is 41.9 Å². The number of hydrogen-bond acceptors (Lipinski definition) is 3. The summed E-state index contributed by atoms with van der Waals surface area (Å²) in [5.74, 6) is -0.500. The number of methoxy groups -OCH3 is 1. The summed E-state index contributed by atoms with van der Waals surface area (Å²) in [5.41, 5.74) is 1.50. The van der Waals surface area contributed by atoms with Gasteiger partial charge in [0.05, 0.1) is 7.11 Å². The second-order valence-electron chi connectivity index (χ2n) is 4.87. The number of amides is 2. The van der Waals surface area contributed by atoms with Crippen LogP contribution in [0.25, 0.3) is 0 Å². The van der Waals surface area contributed by atoms with E-state index in [2.05, 4.69) is 10.6 Å². The van der Waals surface area contributed by atoms with Crippen LogP contribution in [0.2, 0.25) is 5.02 Å². The van der Waals surface area contributed by atoms with Gasteiger partial charge in [-0.05, 0) is 29.8 Å². The average Bonchev–Trinajstić information content (AvgIpc) is 2.56. The summed E-state index contributed by atoms with van der Waals surface area (Å²) < 4.78 is 4.75. The number of anilines is 1. The molecular weight excluding hydrogens is 316 g/mol. The molecule has 0 aliphatic heterocycles. The molecule has 5 nitrogen and oxygen atoms in total. The molecule has 0 fully saturated rings. The monoisotopic (exact) mass is 332 g/mol. The van der Waals surface area contributed by atoms with Gasteiger partial charge < -0.3 is 15.4 Å². The Bertz CT molecular complexity index is 659. The number of rotatable bonds is 5. The van der Waals surface area contributed by atoms with Crippen molar-refractivity contribution < 1.29 is 14.3 Å². The Balaban J connectivity index is 2.00. The van der Waals surface area contributed by atoms with Gasteiger partial charge in [0.25, 0.3) is 0 Å². The van der Waals surface area contributed by atoms with E-state index in [4.69, 9.17) is 16.3 Å². The van der Waals surface area contributed by atoms with Gasteiger partial charge in [-0.15, -0.1) is 0 Å². The Hall–Kier alpha value is -2.53. The van der Waals surface area contributed by atoms with Gasteiger partial charge in [0, 0.05) is 17.1 Å². The van der Waals surface area contributed by atoms with Crippen LogP contribution < -0.4 is 10.6 Å². The number of esters is 1. The molecule has 120 valence electrons.